The Kier molecular flexibility index (Phi) is 4.04. The van der Waals surface area contributed by atoms with Gasteiger partial charge < -0.3 is 20.4 Å². The summed E-state index contributed by atoms with van der Waals surface area (Å²) in [6, 6.07) is 7.29. The number of carbonyl (C=O) groups is 3. The zero-order valence-corrected chi connectivity index (χ0v) is 16.1. The summed E-state index contributed by atoms with van der Waals surface area (Å²) in [5, 5.41) is 9.95. The first kappa shape index (κ1) is 17.7. The van der Waals surface area contributed by atoms with Crippen LogP contribution in [-0.4, -0.2) is 58.6 Å². The molecule has 4 heterocycles. The molecule has 1 saturated heterocycles. The maximum Gasteiger partial charge on any atom is 0.253 e. The van der Waals surface area contributed by atoms with E-state index in [2.05, 4.69) is 26.7 Å². The van der Waals surface area contributed by atoms with E-state index < -0.39 is 6.04 Å². The number of nitrogens with one attached hydrogen (secondary N) is 2. The van der Waals surface area contributed by atoms with Gasteiger partial charge in [-0.3, -0.25) is 14.4 Å². The topological polar surface area (TPSA) is 99.6 Å². The highest BCUT2D eigenvalue weighted by Gasteiger charge is 2.30. The quantitative estimate of drug-likeness (QED) is 0.805. The number of hydrogen-bond acceptors (Lipinski definition) is 5. The van der Waals surface area contributed by atoms with Crippen LogP contribution < -0.4 is 15.5 Å². The van der Waals surface area contributed by atoms with Crippen molar-refractivity contribution in [3.63, 3.8) is 0 Å². The van der Waals surface area contributed by atoms with Crippen molar-refractivity contribution in [2.45, 2.75) is 31.8 Å². The molecular formula is C20H22N6O3. The molecular weight excluding hydrogens is 372 g/mol. The monoisotopic (exact) mass is 394 g/mol. The van der Waals surface area contributed by atoms with E-state index in [0.29, 0.717) is 25.2 Å². The van der Waals surface area contributed by atoms with Gasteiger partial charge in [0.15, 0.2) is 5.82 Å². The lowest BCUT2D eigenvalue weighted by molar-refractivity contribution is -0.122. The maximum absolute atomic E-state index is 12.3. The van der Waals surface area contributed by atoms with E-state index in [4.69, 9.17) is 0 Å². The Morgan fingerprint density at radius 3 is 2.83 bits per heavy atom. The number of amides is 3. The van der Waals surface area contributed by atoms with E-state index in [1.165, 1.54) is 0 Å². The Hall–Kier alpha value is -3.36. The predicted octanol–water partition coefficient (Wildman–Crippen LogP) is 0.880. The molecule has 1 aromatic heterocycles. The highest BCUT2D eigenvalue weighted by molar-refractivity contribution is 5.99. The molecule has 3 aliphatic heterocycles. The van der Waals surface area contributed by atoms with Crippen LogP contribution >= 0.6 is 0 Å². The third kappa shape index (κ3) is 3.02. The third-order valence-electron chi connectivity index (χ3n) is 5.83. The van der Waals surface area contributed by atoms with Crippen LogP contribution in [0.3, 0.4) is 0 Å². The van der Waals surface area contributed by atoms with Gasteiger partial charge in [0.05, 0.1) is 6.54 Å². The van der Waals surface area contributed by atoms with Gasteiger partial charge in [0.1, 0.15) is 11.9 Å². The first-order chi connectivity index (χ1) is 14.0. The molecule has 2 aromatic rings. The lowest BCUT2D eigenvalue weighted by Gasteiger charge is -2.26. The van der Waals surface area contributed by atoms with Gasteiger partial charge in [-0.05, 0) is 36.6 Å². The first-order valence-corrected chi connectivity index (χ1v) is 9.83. The van der Waals surface area contributed by atoms with Gasteiger partial charge >= 0.3 is 0 Å². The highest BCUT2D eigenvalue weighted by atomic mass is 16.2. The average molecular weight is 394 g/mol. The zero-order chi connectivity index (χ0) is 20.1. The molecule has 0 unspecified atom stereocenters. The molecule has 1 aromatic carbocycles. The van der Waals surface area contributed by atoms with Crippen molar-refractivity contribution in [3.05, 3.63) is 35.4 Å². The van der Waals surface area contributed by atoms with Crippen LogP contribution in [0.25, 0.3) is 0 Å². The molecule has 3 aliphatic rings. The van der Waals surface area contributed by atoms with Gasteiger partial charge in [-0.2, -0.15) is 5.10 Å². The van der Waals surface area contributed by atoms with Gasteiger partial charge in [-0.15, -0.1) is 0 Å². The lowest BCUT2D eigenvalue weighted by Crippen LogP contribution is -2.37. The number of fused-ring (bicyclic) bond motifs is 2. The molecule has 9 nitrogen and oxygen atoms in total. The summed E-state index contributed by atoms with van der Waals surface area (Å²) in [5.41, 5.74) is 2.84. The van der Waals surface area contributed by atoms with Gasteiger partial charge in [0.25, 0.3) is 5.91 Å². The van der Waals surface area contributed by atoms with E-state index in [-0.39, 0.29) is 17.7 Å². The molecule has 0 aliphatic carbocycles. The molecule has 1 fully saturated rings. The van der Waals surface area contributed by atoms with E-state index in [0.717, 1.165) is 42.1 Å². The molecule has 0 radical (unpaired) electrons. The van der Waals surface area contributed by atoms with E-state index in [9.17, 15) is 14.4 Å². The van der Waals surface area contributed by atoms with Crippen LogP contribution in [0.2, 0.25) is 0 Å². The van der Waals surface area contributed by atoms with Crippen molar-refractivity contribution in [2.24, 2.45) is 0 Å². The Labute approximate surface area is 167 Å². The second-order valence-electron chi connectivity index (χ2n) is 7.73. The van der Waals surface area contributed by atoms with Crippen molar-refractivity contribution in [1.82, 2.24) is 20.0 Å². The molecule has 150 valence electrons. The van der Waals surface area contributed by atoms with Crippen LogP contribution in [-0.2, 0) is 22.6 Å². The van der Waals surface area contributed by atoms with Crippen molar-refractivity contribution in [3.8, 4) is 0 Å². The van der Waals surface area contributed by atoms with Crippen molar-refractivity contribution in [1.29, 1.82) is 0 Å². The summed E-state index contributed by atoms with van der Waals surface area (Å²) in [4.78, 5) is 39.9. The summed E-state index contributed by atoms with van der Waals surface area (Å²) in [6.07, 6.45) is 1.72. The van der Waals surface area contributed by atoms with Crippen LogP contribution in [0.1, 0.15) is 28.8 Å². The van der Waals surface area contributed by atoms with Gasteiger partial charge in [-0.25, -0.2) is 4.68 Å². The Bertz CT molecular complexity index is 1030. The fourth-order valence-corrected chi connectivity index (χ4v) is 4.20. The molecule has 0 spiro atoms. The number of rotatable bonds is 3. The van der Waals surface area contributed by atoms with Gasteiger partial charge in [0, 0.05) is 43.9 Å². The Morgan fingerprint density at radius 2 is 2.03 bits per heavy atom. The number of benzene rings is 1. The molecule has 29 heavy (non-hydrogen) atoms. The summed E-state index contributed by atoms with van der Waals surface area (Å²) in [6.45, 7) is 2.22. The normalized spacial score (nSPS) is 20.5. The minimum Gasteiger partial charge on any atom is -0.344 e. The first-order valence-electron chi connectivity index (χ1n) is 9.83. The SMILES string of the molecule is CN1CCc2cc(N3CCn4nc(NC(=O)[C@H]5CCC(=O)N5)cc43)ccc2C1=O. The van der Waals surface area contributed by atoms with Gasteiger partial charge in [-0.1, -0.05) is 0 Å². The second kappa shape index (κ2) is 6.61. The lowest BCUT2D eigenvalue weighted by atomic mass is 9.98. The zero-order valence-electron chi connectivity index (χ0n) is 16.1. The summed E-state index contributed by atoms with van der Waals surface area (Å²) >= 11 is 0. The minimum atomic E-state index is -0.494. The number of likely N-dealkylation sites (N-methyl/N-ethyl adjacent to an activating group) is 1. The molecule has 5 rings (SSSR count). The van der Waals surface area contributed by atoms with Crippen molar-refractivity contribution >= 4 is 35.0 Å². The van der Waals surface area contributed by atoms with Gasteiger partial charge in [0.2, 0.25) is 11.8 Å². The van der Waals surface area contributed by atoms with Crippen LogP contribution in [0.5, 0.6) is 0 Å². The maximum atomic E-state index is 12.3. The standard InChI is InChI=1S/C20H22N6O3/c1-24-7-6-12-10-13(2-3-14(12)20(24)29)25-8-9-26-18(25)11-16(23-26)22-19(28)15-4-5-17(27)21-15/h2-3,10-11,15H,4-9H2,1H3,(H,21,27)(H,22,23,28)/t15-/m1/s1. The predicted molar refractivity (Wildman–Crippen MR) is 106 cm³/mol. The van der Waals surface area contributed by atoms with E-state index in [1.807, 2.05) is 29.9 Å². The number of anilines is 3. The largest absolute Gasteiger partial charge is 0.344 e. The molecule has 0 saturated carbocycles. The van der Waals surface area contributed by atoms with Crippen LogP contribution in [0.15, 0.2) is 24.3 Å². The summed E-state index contributed by atoms with van der Waals surface area (Å²) in [5.74, 6) is 1.10. The second-order valence-corrected chi connectivity index (χ2v) is 7.73. The average Bonchev–Trinajstić information content (AvgIpc) is 3.40. The smallest absolute Gasteiger partial charge is 0.253 e. The summed E-state index contributed by atoms with van der Waals surface area (Å²) in [7, 11) is 1.82. The van der Waals surface area contributed by atoms with Crippen molar-refractivity contribution < 1.29 is 14.4 Å². The fraction of sp³-hybridized carbons (Fsp3) is 0.400. The minimum absolute atomic E-state index is 0.0632. The number of aromatic nitrogens is 2. The van der Waals surface area contributed by atoms with E-state index >= 15 is 0 Å². The molecule has 3 amide bonds. The number of carbonyl (C=O) groups excluding carboxylic acids is 3. The summed E-state index contributed by atoms with van der Waals surface area (Å²) < 4.78 is 1.86. The highest BCUT2D eigenvalue weighted by Crippen LogP contribution is 2.34. The molecule has 2 N–H and O–H groups in total. The fourth-order valence-electron chi connectivity index (χ4n) is 4.20. The molecule has 0 bridgehead atoms. The van der Waals surface area contributed by atoms with Crippen molar-refractivity contribution in [2.75, 3.05) is 30.4 Å². The van der Waals surface area contributed by atoms with Crippen LogP contribution in [0, 0.1) is 0 Å². The van der Waals surface area contributed by atoms with Crippen LogP contribution in [0.4, 0.5) is 17.3 Å². The Balaban J connectivity index is 1.36. The third-order valence-corrected chi connectivity index (χ3v) is 5.83. The Morgan fingerprint density at radius 1 is 1.17 bits per heavy atom. The number of nitrogens with zero attached hydrogens (tertiary/aromatic N) is 4. The van der Waals surface area contributed by atoms with E-state index in [1.54, 1.807) is 4.90 Å². The number of hydrogen-bond donors (Lipinski definition) is 2. The molecule has 1 atom stereocenters. The molecule has 9 heteroatoms.